The summed E-state index contributed by atoms with van der Waals surface area (Å²) in [7, 11) is 0. The summed E-state index contributed by atoms with van der Waals surface area (Å²) in [5, 5.41) is 0. The first-order chi connectivity index (χ1) is 5.59. The Morgan fingerprint density at radius 1 is 1.58 bits per heavy atom. The van der Waals surface area contributed by atoms with Crippen LogP contribution >= 0.6 is 27.3 Å². The molecule has 6 heteroatoms. The average Bonchev–Trinajstić information content (AvgIpc) is 2.30. The van der Waals surface area contributed by atoms with Gasteiger partial charge in [-0.2, -0.15) is 8.78 Å². The van der Waals surface area contributed by atoms with Crippen molar-refractivity contribution in [3.8, 4) is 0 Å². The lowest BCUT2D eigenvalue weighted by molar-refractivity contribution is 0.00104. The number of aromatic nitrogens is 1. The van der Waals surface area contributed by atoms with Gasteiger partial charge in [-0.1, -0.05) is 0 Å². The molecule has 1 aliphatic rings. The normalized spacial score (nSPS) is 19.2. The van der Waals surface area contributed by atoms with Crippen LogP contribution in [0.4, 0.5) is 8.78 Å². The number of alkyl halides is 2. The van der Waals surface area contributed by atoms with Crippen molar-refractivity contribution in [1.82, 2.24) is 4.98 Å². The summed E-state index contributed by atoms with van der Waals surface area (Å²) in [6.07, 6.45) is 1.44. The van der Waals surface area contributed by atoms with E-state index in [1.54, 1.807) is 0 Å². The lowest BCUT2D eigenvalue weighted by Gasteiger charge is -2.14. The Balaban J connectivity index is 2.59. The highest BCUT2D eigenvalue weighted by molar-refractivity contribution is 9.11. The molecule has 0 aromatic carbocycles. The van der Waals surface area contributed by atoms with Crippen LogP contribution in [-0.2, 0) is 5.92 Å². The smallest absolute Gasteiger partial charge is 0.285 e. The number of thiazole rings is 1. The number of hydrogen-bond acceptors (Lipinski definition) is 3. The van der Waals surface area contributed by atoms with E-state index in [1.807, 2.05) is 0 Å². The second-order valence-electron chi connectivity index (χ2n) is 2.35. The molecule has 1 aliphatic heterocycles. The van der Waals surface area contributed by atoms with Crippen LogP contribution in [0.25, 0.3) is 0 Å². The maximum atomic E-state index is 13.0. The van der Waals surface area contributed by atoms with Crippen LogP contribution in [-0.4, -0.2) is 17.7 Å². The number of halogens is 3. The molecule has 0 saturated carbocycles. The second-order valence-corrected chi connectivity index (χ2v) is 4.66. The number of hydrogen-bond donors (Lipinski definition) is 0. The van der Waals surface area contributed by atoms with Gasteiger partial charge in [0, 0.05) is 6.21 Å². The van der Waals surface area contributed by atoms with Crippen LogP contribution in [0.1, 0.15) is 10.6 Å². The number of fused-ring (bicyclic) bond motifs is 1. The Morgan fingerprint density at radius 3 is 3.00 bits per heavy atom. The van der Waals surface area contributed by atoms with Crippen LogP contribution in [0, 0.1) is 0 Å². The molecule has 0 unspecified atom stereocenters. The van der Waals surface area contributed by atoms with Gasteiger partial charge in [0.25, 0.3) is 0 Å². The van der Waals surface area contributed by atoms with Crippen molar-refractivity contribution in [1.29, 1.82) is 0 Å². The van der Waals surface area contributed by atoms with E-state index in [-0.39, 0.29) is 5.69 Å². The highest BCUT2D eigenvalue weighted by atomic mass is 79.9. The highest BCUT2D eigenvalue weighted by Crippen LogP contribution is 2.36. The first-order valence-electron chi connectivity index (χ1n) is 3.14. The van der Waals surface area contributed by atoms with Crippen molar-refractivity contribution in [2.24, 2.45) is 4.99 Å². The minimum absolute atomic E-state index is 0.158. The molecular weight excluding hydrogens is 250 g/mol. The van der Waals surface area contributed by atoms with Crippen molar-refractivity contribution < 1.29 is 8.78 Å². The van der Waals surface area contributed by atoms with Crippen molar-refractivity contribution >= 4 is 33.5 Å². The fourth-order valence-electron chi connectivity index (χ4n) is 0.973. The Labute approximate surface area is 79.5 Å². The van der Waals surface area contributed by atoms with Gasteiger partial charge in [0.05, 0.1) is 4.88 Å². The SMILES string of the molecule is FC1(F)CN=Cc2sc(Br)nc21. The molecule has 0 fully saturated rings. The van der Waals surface area contributed by atoms with Crippen molar-refractivity contribution in [3.63, 3.8) is 0 Å². The van der Waals surface area contributed by atoms with Gasteiger partial charge in [0.15, 0.2) is 3.92 Å². The van der Waals surface area contributed by atoms with E-state index in [9.17, 15) is 8.78 Å². The minimum atomic E-state index is -2.90. The third-order valence-electron chi connectivity index (χ3n) is 1.47. The molecule has 2 nitrogen and oxygen atoms in total. The topological polar surface area (TPSA) is 25.2 Å². The third-order valence-corrected chi connectivity index (χ3v) is 2.91. The molecule has 0 atom stereocenters. The van der Waals surface area contributed by atoms with Crippen molar-refractivity contribution in [3.05, 3.63) is 14.5 Å². The van der Waals surface area contributed by atoms with E-state index in [2.05, 4.69) is 25.9 Å². The maximum absolute atomic E-state index is 13.0. The zero-order valence-corrected chi connectivity index (χ0v) is 8.12. The van der Waals surface area contributed by atoms with E-state index in [4.69, 9.17) is 0 Å². The maximum Gasteiger partial charge on any atom is 0.310 e. The standard InChI is InChI=1S/C6H3BrF2N2S/c7-5-11-4-3(12-5)1-10-2-6(4,8)9/h1H,2H2. The van der Waals surface area contributed by atoms with E-state index >= 15 is 0 Å². The average molecular weight is 253 g/mol. The van der Waals surface area contributed by atoms with Gasteiger partial charge in [-0.3, -0.25) is 4.99 Å². The van der Waals surface area contributed by atoms with Crippen molar-refractivity contribution in [2.75, 3.05) is 6.54 Å². The lowest BCUT2D eigenvalue weighted by Crippen LogP contribution is -2.22. The molecule has 0 bridgehead atoms. The fraction of sp³-hybridized carbons (Fsp3) is 0.333. The largest absolute Gasteiger partial charge is 0.310 e. The van der Waals surface area contributed by atoms with Gasteiger partial charge in [-0.15, -0.1) is 11.3 Å². The van der Waals surface area contributed by atoms with Gasteiger partial charge >= 0.3 is 5.92 Å². The summed E-state index contributed by atoms with van der Waals surface area (Å²) in [6, 6.07) is 0. The van der Waals surface area contributed by atoms with E-state index in [1.165, 1.54) is 17.6 Å². The molecular formula is C6H3BrF2N2S. The van der Waals surface area contributed by atoms with Gasteiger partial charge in [-0.25, -0.2) is 4.98 Å². The summed E-state index contributed by atoms with van der Waals surface area (Å²) in [5.74, 6) is -2.90. The number of aliphatic imine (C=N–C) groups is 1. The van der Waals surface area contributed by atoms with Gasteiger partial charge in [0.1, 0.15) is 12.2 Å². The van der Waals surface area contributed by atoms with Crippen LogP contribution in [0.15, 0.2) is 8.91 Å². The summed E-state index contributed by atoms with van der Waals surface area (Å²) in [4.78, 5) is 7.70. The first-order valence-corrected chi connectivity index (χ1v) is 4.75. The molecule has 64 valence electrons. The Morgan fingerprint density at radius 2 is 2.33 bits per heavy atom. The predicted octanol–water partition coefficient (Wildman–Crippen LogP) is 2.43. The molecule has 12 heavy (non-hydrogen) atoms. The van der Waals surface area contributed by atoms with Crippen LogP contribution in [0.3, 0.4) is 0 Å². The second kappa shape index (κ2) is 2.56. The molecule has 0 amide bonds. The molecule has 0 radical (unpaired) electrons. The van der Waals surface area contributed by atoms with Gasteiger partial charge in [0.2, 0.25) is 0 Å². The molecule has 0 N–H and O–H groups in total. The Hall–Kier alpha value is -0.360. The third kappa shape index (κ3) is 1.19. The molecule has 1 aromatic heterocycles. The zero-order chi connectivity index (χ0) is 8.77. The zero-order valence-electron chi connectivity index (χ0n) is 5.72. The summed E-state index contributed by atoms with van der Waals surface area (Å²) < 4.78 is 26.5. The predicted molar refractivity (Wildman–Crippen MR) is 46.2 cm³/mol. The van der Waals surface area contributed by atoms with Gasteiger partial charge in [-0.05, 0) is 15.9 Å². The molecule has 2 heterocycles. The Kier molecular flexibility index (Phi) is 1.76. The van der Waals surface area contributed by atoms with E-state index < -0.39 is 12.5 Å². The molecule has 0 spiro atoms. The van der Waals surface area contributed by atoms with Crippen LogP contribution in [0.5, 0.6) is 0 Å². The fourth-order valence-corrected chi connectivity index (χ4v) is 2.41. The molecule has 0 saturated heterocycles. The van der Waals surface area contributed by atoms with E-state index in [0.29, 0.717) is 8.79 Å². The molecule has 2 rings (SSSR count). The van der Waals surface area contributed by atoms with Crippen molar-refractivity contribution in [2.45, 2.75) is 5.92 Å². The minimum Gasteiger partial charge on any atom is -0.285 e. The number of nitrogens with zero attached hydrogens (tertiary/aromatic N) is 2. The quantitative estimate of drug-likeness (QED) is 0.697. The first kappa shape index (κ1) is 8.25. The summed E-state index contributed by atoms with van der Waals surface area (Å²) >= 11 is 4.23. The summed E-state index contributed by atoms with van der Waals surface area (Å²) in [6.45, 7) is -0.490. The monoisotopic (exact) mass is 252 g/mol. The molecule has 0 aliphatic carbocycles. The highest BCUT2D eigenvalue weighted by Gasteiger charge is 2.38. The lowest BCUT2D eigenvalue weighted by atomic mass is 10.2. The summed E-state index contributed by atoms with van der Waals surface area (Å²) in [5.41, 5.74) is -0.158. The molecule has 1 aromatic rings. The van der Waals surface area contributed by atoms with Crippen LogP contribution < -0.4 is 0 Å². The van der Waals surface area contributed by atoms with E-state index in [0.717, 1.165) is 0 Å². The number of rotatable bonds is 0. The van der Waals surface area contributed by atoms with Crippen LogP contribution in [0.2, 0.25) is 0 Å². The van der Waals surface area contributed by atoms with Gasteiger partial charge < -0.3 is 0 Å². The Bertz CT molecular complexity index is 347.